The van der Waals surface area contributed by atoms with Crippen LogP contribution in [0.15, 0.2) is 65.7 Å². The number of rotatable bonds is 7. The van der Waals surface area contributed by atoms with Gasteiger partial charge in [-0.3, -0.25) is 0 Å². The Hall–Kier alpha value is -2.91. The van der Waals surface area contributed by atoms with E-state index in [1.54, 1.807) is 29.1 Å². The Morgan fingerprint density at radius 1 is 1.07 bits per heavy atom. The minimum absolute atomic E-state index is 0.0432. The minimum atomic E-state index is -3.55. The molecule has 0 N–H and O–H groups in total. The molecule has 0 amide bonds. The molecule has 0 unspecified atom stereocenters. The number of aromatic nitrogens is 3. The summed E-state index contributed by atoms with van der Waals surface area (Å²) in [5.74, 6) is 1.27. The zero-order chi connectivity index (χ0) is 19.6. The lowest BCUT2D eigenvalue weighted by Gasteiger charge is -2.37. The van der Waals surface area contributed by atoms with Crippen LogP contribution in [0.5, 0.6) is 11.5 Å². The van der Waals surface area contributed by atoms with Gasteiger partial charge in [-0.2, -0.15) is 4.31 Å². The van der Waals surface area contributed by atoms with Gasteiger partial charge in [-0.05, 0) is 24.3 Å². The summed E-state index contributed by atoms with van der Waals surface area (Å²) in [4.78, 5) is 0.223. The van der Waals surface area contributed by atoms with Crippen LogP contribution < -0.4 is 9.47 Å². The molecule has 0 bridgehead atoms. The molecule has 1 aromatic heterocycles. The standard InChI is InChI=1S/C19H20N4O4S/c1-26-18-8-5-9-19(10-18)28(24,25)22-12-16(13-22)23-11-15(20-21-23)14-27-17-6-3-2-4-7-17/h2-11,16H,12-14H2,1H3. The van der Waals surface area contributed by atoms with Crippen molar-refractivity contribution >= 4 is 10.0 Å². The predicted molar refractivity (Wildman–Crippen MR) is 102 cm³/mol. The van der Waals surface area contributed by atoms with Gasteiger partial charge in [0.15, 0.2) is 0 Å². The Labute approximate surface area is 163 Å². The number of para-hydroxylation sites is 1. The third-order valence-electron chi connectivity index (χ3n) is 4.57. The van der Waals surface area contributed by atoms with E-state index in [2.05, 4.69) is 10.3 Å². The molecule has 1 aliphatic heterocycles. The van der Waals surface area contributed by atoms with Gasteiger partial charge < -0.3 is 9.47 Å². The summed E-state index contributed by atoms with van der Waals surface area (Å²) >= 11 is 0. The zero-order valence-electron chi connectivity index (χ0n) is 15.3. The fourth-order valence-electron chi connectivity index (χ4n) is 2.92. The molecule has 1 aliphatic rings. The summed E-state index contributed by atoms with van der Waals surface area (Å²) in [6.07, 6.45) is 1.79. The highest BCUT2D eigenvalue weighted by Gasteiger charge is 2.38. The van der Waals surface area contributed by atoms with Gasteiger partial charge in [-0.1, -0.05) is 29.5 Å². The van der Waals surface area contributed by atoms with E-state index in [0.717, 1.165) is 5.75 Å². The Morgan fingerprint density at radius 2 is 1.82 bits per heavy atom. The second kappa shape index (κ2) is 7.61. The predicted octanol–water partition coefficient (Wildman–Crippen LogP) is 2.11. The lowest BCUT2D eigenvalue weighted by Crippen LogP contribution is -2.50. The highest BCUT2D eigenvalue weighted by Crippen LogP contribution is 2.29. The van der Waals surface area contributed by atoms with Crippen molar-refractivity contribution in [2.24, 2.45) is 0 Å². The largest absolute Gasteiger partial charge is 0.497 e. The fraction of sp³-hybridized carbons (Fsp3) is 0.263. The van der Waals surface area contributed by atoms with Crippen LogP contribution >= 0.6 is 0 Å². The highest BCUT2D eigenvalue weighted by atomic mass is 32.2. The monoisotopic (exact) mass is 400 g/mol. The van der Waals surface area contributed by atoms with Gasteiger partial charge in [-0.25, -0.2) is 13.1 Å². The molecular formula is C19H20N4O4S. The Morgan fingerprint density at radius 3 is 2.57 bits per heavy atom. The Kier molecular flexibility index (Phi) is 5.01. The van der Waals surface area contributed by atoms with E-state index >= 15 is 0 Å². The fourth-order valence-corrected chi connectivity index (χ4v) is 4.47. The zero-order valence-corrected chi connectivity index (χ0v) is 16.1. The van der Waals surface area contributed by atoms with Gasteiger partial charge in [-0.15, -0.1) is 5.10 Å². The molecule has 2 aromatic carbocycles. The van der Waals surface area contributed by atoms with Crippen molar-refractivity contribution in [3.63, 3.8) is 0 Å². The summed E-state index contributed by atoms with van der Waals surface area (Å²) in [5, 5.41) is 8.22. The van der Waals surface area contributed by atoms with Gasteiger partial charge in [0.1, 0.15) is 23.8 Å². The minimum Gasteiger partial charge on any atom is -0.497 e. The van der Waals surface area contributed by atoms with Crippen molar-refractivity contribution in [1.29, 1.82) is 0 Å². The van der Waals surface area contributed by atoms with Crippen LogP contribution in [-0.4, -0.2) is 47.9 Å². The first-order chi connectivity index (χ1) is 13.6. The molecule has 0 spiro atoms. The molecule has 3 aromatic rings. The van der Waals surface area contributed by atoms with Crippen molar-refractivity contribution in [2.45, 2.75) is 17.5 Å². The molecule has 0 atom stereocenters. The molecule has 146 valence electrons. The first-order valence-electron chi connectivity index (χ1n) is 8.79. The van der Waals surface area contributed by atoms with Crippen LogP contribution in [0.3, 0.4) is 0 Å². The van der Waals surface area contributed by atoms with Crippen LogP contribution in [0.2, 0.25) is 0 Å². The second-order valence-corrected chi connectivity index (χ2v) is 8.38. The summed E-state index contributed by atoms with van der Waals surface area (Å²) in [5.41, 5.74) is 0.693. The third-order valence-corrected chi connectivity index (χ3v) is 6.40. The van der Waals surface area contributed by atoms with E-state index < -0.39 is 10.0 Å². The molecule has 0 radical (unpaired) electrons. The normalized spacial score (nSPS) is 15.2. The van der Waals surface area contributed by atoms with E-state index in [1.807, 2.05) is 30.3 Å². The number of ether oxygens (including phenoxy) is 2. The lowest BCUT2D eigenvalue weighted by atomic mass is 10.2. The van der Waals surface area contributed by atoms with Crippen molar-refractivity contribution in [2.75, 3.05) is 20.2 Å². The summed E-state index contributed by atoms with van der Waals surface area (Å²) in [6.45, 7) is 1.01. The topological polar surface area (TPSA) is 86.6 Å². The molecule has 4 rings (SSSR count). The van der Waals surface area contributed by atoms with Crippen LogP contribution in [0.25, 0.3) is 0 Å². The SMILES string of the molecule is COc1cccc(S(=O)(=O)N2CC(n3cc(COc4ccccc4)nn3)C2)c1. The lowest BCUT2D eigenvalue weighted by molar-refractivity contribution is 0.188. The van der Waals surface area contributed by atoms with E-state index in [9.17, 15) is 8.42 Å². The molecule has 1 saturated heterocycles. The van der Waals surface area contributed by atoms with Crippen LogP contribution in [0.4, 0.5) is 0 Å². The van der Waals surface area contributed by atoms with Crippen LogP contribution in [-0.2, 0) is 16.6 Å². The first-order valence-corrected chi connectivity index (χ1v) is 10.2. The maximum atomic E-state index is 12.7. The number of sulfonamides is 1. The van der Waals surface area contributed by atoms with Crippen molar-refractivity contribution in [1.82, 2.24) is 19.3 Å². The van der Waals surface area contributed by atoms with Gasteiger partial charge in [0, 0.05) is 19.2 Å². The maximum absolute atomic E-state index is 12.7. The summed E-state index contributed by atoms with van der Waals surface area (Å²) in [7, 11) is -2.04. The van der Waals surface area contributed by atoms with Crippen LogP contribution in [0, 0.1) is 0 Å². The summed E-state index contributed by atoms with van der Waals surface area (Å²) in [6, 6.07) is 15.9. The molecule has 8 nitrogen and oxygen atoms in total. The maximum Gasteiger partial charge on any atom is 0.243 e. The molecular weight excluding hydrogens is 380 g/mol. The van der Waals surface area contributed by atoms with E-state index in [4.69, 9.17) is 9.47 Å². The van der Waals surface area contributed by atoms with E-state index in [0.29, 0.717) is 31.1 Å². The van der Waals surface area contributed by atoms with Gasteiger partial charge in [0.25, 0.3) is 0 Å². The molecule has 1 fully saturated rings. The van der Waals surface area contributed by atoms with Crippen molar-refractivity contribution < 1.29 is 17.9 Å². The molecule has 28 heavy (non-hydrogen) atoms. The van der Waals surface area contributed by atoms with Crippen molar-refractivity contribution in [3.8, 4) is 11.5 Å². The van der Waals surface area contributed by atoms with Crippen LogP contribution in [0.1, 0.15) is 11.7 Å². The smallest absolute Gasteiger partial charge is 0.243 e. The molecule has 9 heteroatoms. The molecule has 2 heterocycles. The second-order valence-electron chi connectivity index (χ2n) is 6.45. The number of benzene rings is 2. The Balaban J connectivity index is 1.36. The highest BCUT2D eigenvalue weighted by molar-refractivity contribution is 7.89. The number of methoxy groups -OCH3 is 1. The van der Waals surface area contributed by atoms with Gasteiger partial charge >= 0.3 is 0 Å². The summed E-state index contributed by atoms with van der Waals surface area (Å²) < 4.78 is 39.3. The van der Waals surface area contributed by atoms with Gasteiger partial charge in [0.2, 0.25) is 10.0 Å². The quantitative estimate of drug-likeness (QED) is 0.604. The number of hydrogen-bond acceptors (Lipinski definition) is 6. The average Bonchev–Trinajstić information content (AvgIpc) is 3.14. The van der Waals surface area contributed by atoms with E-state index in [1.165, 1.54) is 17.5 Å². The first kappa shape index (κ1) is 18.5. The van der Waals surface area contributed by atoms with Crippen molar-refractivity contribution in [3.05, 3.63) is 66.5 Å². The molecule has 0 aliphatic carbocycles. The Bertz CT molecular complexity index is 1050. The number of nitrogens with zero attached hydrogens (tertiary/aromatic N) is 4. The molecule has 0 saturated carbocycles. The average molecular weight is 400 g/mol. The van der Waals surface area contributed by atoms with E-state index in [-0.39, 0.29) is 10.9 Å². The number of hydrogen-bond donors (Lipinski definition) is 0. The van der Waals surface area contributed by atoms with Gasteiger partial charge in [0.05, 0.1) is 24.2 Å². The third kappa shape index (κ3) is 3.71.